The van der Waals surface area contributed by atoms with Crippen LogP contribution in [0.3, 0.4) is 0 Å². The molecule has 31 heavy (non-hydrogen) atoms. The molecule has 0 radical (unpaired) electrons. The molecule has 0 aliphatic carbocycles. The van der Waals surface area contributed by atoms with Gasteiger partial charge in [-0.1, -0.05) is 55.3 Å². The van der Waals surface area contributed by atoms with Crippen molar-refractivity contribution in [3.05, 3.63) is 65.7 Å². The van der Waals surface area contributed by atoms with Crippen molar-refractivity contribution >= 4 is 17.5 Å². The molecular weight excluding hydrogens is 398 g/mol. The van der Waals surface area contributed by atoms with Crippen LogP contribution in [0.25, 0.3) is 0 Å². The zero-order valence-corrected chi connectivity index (χ0v) is 17.6. The van der Waals surface area contributed by atoms with E-state index >= 15 is 0 Å². The molecule has 0 aliphatic heterocycles. The van der Waals surface area contributed by atoms with Crippen molar-refractivity contribution in [2.75, 3.05) is 11.9 Å². The topological polar surface area (TPSA) is 116 Å². The lowest BCUT2D eigenvalue weighted by atomic mass is 10.1. The molecule has 162 valence electrons. The van der Waals surface area contributed by atoms with Crippen LogP contribution in [0, 0.1) is 0 Å². The molecule has 0 aliphatic rings. The van der Waals surface area contributed by atoms with Crippen molar-refractivity contribution < 1.29 is 14.4 Å². The smallest absolute Gasteiger partial charge is 0.411 e. The minimum atomic E-state index is -0.524. The van der Waals surface area contributed by atoms with E-state index in [0.29, 0.717) is 29.5 Å². The first-order valence-corrected chi connectivity index (χ1v) is 10.0. The summed E-state index contributed by atoms with van der Waals surface area (Å²) in [5.41, 5.74) is 2.30. The molecule has 0 unspecified atom stereocenters. The zero-order chi connectivity index (χ0) is 21.9. The number of benzene rings is 1. The van der Waals surface area contributed by atoms with Crippen molar-refractivity contribution in [3.8, 4) is 0 Å². The first-order chi connectivity index (χ1) is 15.2. The standard InChI is InChI=1S/C21H25N7O3/c1-3-4-8-14-30-21(29)23-17-12-9-13-22-18(17)15-31-25-19(16-10-6-5-7-11-16)20-24-26-27-28(20)2/h5-7,9-13H,3-4,8,14-15H2,1-2H3,(H,23,29)/b25-19+. The Kier molecular flexibility index (Phi) is 8.04. The quantitative estimate of drug-likeness (QED) is 0.302. The van der Waals surface area contributed by atoms with Gasteiger partial charge in [0.25, 0.3) is 0 Å². The fraction of sp³-hybridized carbons (Fsp3) is 0.333. The number of hydrogen-bond acceptors (Lipinski definition) is 8. The number of rotatable bonds is 10. The molecule has 2 aromatic heterocycles. The van der Waals surface area contributed by atoms with Crippen LogP contribution >= 0.6 is 0 Å². The number of aromatic nitrogens is 5. The maximum absolute atomic E-state index is 12.0. The van der Waals surface area contributed by atoms with E-state index < -0.39 is 6.09 Å². The molecule has 1 amide bonds. The highest BCUT2D eigenvalue weighted by Crippen LogP contribution is 2.15. The van der Waals surface area contributed by atoms with Gasteiger partial charge in [0.1, 0.15) is 5.69 Å². The van der Waals surface area contributed by atoms with Gasteiger partial charge in [-0.15, -0.1) is 5.10 Å². The van der Waals surface area contributed by atoms with Gasteiger partial charge in [0.2, 0.25) is 5.82 Å². The molecule has 0 atom stereocenters. The van der Waals surface area contributed by atoms with E-state index in [1.807, 2.05) is 30.3 Å². The number of ether oxygens (including phenoxy) is 1. The van der Waals surface area contributed by atoms with E-state index in [1.165, 1.54) is 4.68 Å². The number of hydrogen-bond donors (Lipinski definition) is 1. The summed E-state index contributed by atoms with van der Waals surface area (Å²) in [6, 6.07) is 12.9. The largest absolute Gasteiger partial charge is 0.449 e. The number of oxime groups is 1. The molecule has 1 N–H and O–H groups in total. The summed E-state index contributed by atoms with van der Waals surface area (Å²) >= 11 is 0. The highest BCUT2D eigenvalue weighted by molar-refractivity contribution is 6.10. The van der Waals surface area contributed by atoms with Crippen LogP contribution < -0.4 is 5.32 Å². The van der Waals surface area contributed by atoms with E-state index in [2.05, 4.69) is 37.9 Å². The molecular formula is C21H25N7O3. The number of anilines is 1. The highest BCUT2D eigenvalue weighted by atomic mass is 16.6. The van der Waals surface area contributed by atoms with Crippen molar-refractivity contribution in [2.24, 2.45) is 12.2 Å². The lowest BCUT2D eigenvalue weighted by Crippen LogP contribution is -2.16. The van der Waals surface area contributed by atoms with Gasteiger partial charge in [-0.3, -0.25) is 10.3 Å². The molecule has 3 rings (SSSR count). The maximum atomic E-state index is 12.0. The fourth-order valence-corrected chi connectivity index (χ4v) is 2.74. The summed E-state index contributed by atoms with van der Waals surface area (Å²) in [6.45, 7) is 2.50. The Labute approximate surface area is 180 Å². The van der Waals surface area contributed by atoms with E-state index in [-0.39, 0.29) is 6.61 Å². The summed E-state index contributed by atoms with van der Waals surface area (Å²) in [7, 11) is 1.72. The Balaban J connectivity index is 1.69. The third kappa shape index (κ3) is 6.33. The maximum Gasteiger partial charge on any atom is 0.411 e. The van der Waals surface area contributed by atoms with Gasteiger partial charge >= 0.3 is 6.09 Å². The van der Waals surface area contributed by atoms with Crippen LogP contribution in [0.5, 0.6) is 0 Å². The van der Waals surface area contributed by atoms with E-state index in [9.17, 15) is 4.79 Å². The number of carbonyl (C=O) groups is 1. The van der Waals surface area contributed by atoms with Crippen molar-refractivity contribution in [3.63, 3.8) is 0 Å². The Morgan fingerprint density at radius 1 is 1.16 bits per heavy atom. The normalized spacial score (nSPS) is 11.2. The Hall–Kier alpha value is -3.82. The number of carbonyl (C=O) groups excluding carboxylic acids is 1. The van der Waals surface area contributed by atoms with Crippen LogP contribution in [0.4, 0.5) is 10.5 Å². The van der Waals surface area contributed by atoms with Gasteiger partial charge in [0.05, 0.1) is 12.3 Å². The molecule has 2 heterocycles. The molecule has 3 aromatic rings. The Bertz CT molecular complexity index is 1000. The molecule has 0 saturated carbocycles. The number of tetrazole rings is 1. The van der Waals surface area contributed by atoms with Crippen molar-refractivity contribution in [1.29, 1.82) is 0 Å². The number of nitrogens with one attached hydrogen (secondary N) is 1. The highest BCUT2D eigenvalue weighted by Gasteiger charge is 2.15. The molecule has 10 nitrogen and oxygen atoms in total. The first-order valence-electron chi connectivity index (χ1n) is 10.0. The molecule has 0 bridgehead atoms. The summed E-state index contributed by atoms with van der Waals surface area (Å²) < 4.78 is 6.71. The number of aryl methyl sites for hydroxylation is 1. The third-order valence-corrected chi connectivity index (χ3v) is 4.34. The average molecular weight is 423 g/mol. The molecule has 0 saturated heterocycles. The predicted molar refractivity (Wildman–Crippen MR) is 114 cm³/mol. The van der Waals surface area contributed by atoms with Crippen LogP contribution in [-0.2, 0) is 23.2 Å². The van der Waals surface area contributed by atoms with E-state index in [4.69, 9.17) is 9.57 Å². The van der Waals surface area contributed by atoms with Gasteiger partial charge in [-0.25, -0.2) is 9.48 Å². The lowest BCUT2D eigenvalue weighted by molar-refractivity contribution is 0.128. The average Bonchev–Trinajstić information content (AvgIpc) is 3.21. The van der Waals surface area contributed by atoms with E-state index in [0.717, 1.165) is 24.8 Å². The first kappa shape index (κ1) is 21.9. The molecule has 0 fully saturated rings. The monoisotopic (exact) mass is 423 g/mol. The lowest BCUT2D eigenvalue weighted by Gasteiger charge is -2.10. The number of pyridine rings is 1. The summed E-state index contributed by atoms with van der Waals surface area (Å²) in [5.74, 6) is 0.459. The second-order valence-corrected chi connectivity index (χ2v) is 6.67. The van der Waals surface area contributed by atoms with Gasteiger partial charge in [0.15, 0.2) is 12.3 Å². The van der Waals surface area contributed by atoms with Crippen molar-refractivity contribution in [1.82, 2.24) is 25.2 Å². The number of amides is 1. The summed E-state index contributed by atoms with van der Waals surface area (Å²) in [5, 5.41) is 18.5. The van der Waals surface area contributed by atoms with Gasteiger partial charge in [-0.05, 0) is 29.0 Å². The minimum absolute atomic E-state index is 0.0356. The van der Waals surface area contributed by atoms with Gasteiger partial charge < -0.3 is 9.57 Å². The Morgan fingerprint density at radius 3 is 2.74 bits per heavy atom. The zero-order valence-electron chi connectivity index (χ0n) is 17.6. The van der Waals surface area contributed by atoms with Crippen LogP contribution in [0.2, 0.25) is 0 Å². The second-order valence-electron chi connectivity index (χ2n) is 6.67. The van der Waals surface area contributed by atoms with Gasteiger partial charge in [-0.2, -0.15) is 0 Å². The van der Waals surface area contributed by atoms with Gasteiger partial charge in [0, 0.05) is 18.8 Å². The molecule has 1 aromatic carbocycles. The molecule has 10 heteroatoms. The van der Waals surface area contributed by atoms with Crippen LogP contribution in [0.1, 0.15) is 43.3 Å². The number of unbranched alkanes of at least 4 members (excludes halogenated alkanes) is 2. The number of nitrogens with zero attached hydrogens (tertiary/aromatic N) is 6. The molecule has 0 spiro atoms. The summed E-state index contributed by atoms with van der Waals surface area (Å²) in [6.07, 6.45) is 4.00. The van der Waals surface area contributed by atoms with E-state index in [1.54, 1.807) is 25.4 Å². The Morgan fingerprint density at radius 2 is 2.00 bits per heavy atom. The minimum Gasteiger partial charge on any atom is -0.449 e. The second kappa shape index (κ2) is 11.4. The fourth-order valence-electron chi connectivity index (χ4n) is 2.74. The van der Waals surface area contributed by atoms with Crippen LogP contribution in [-0.4, -0.2) is 43.6 Å². The third-order valence-electron chi connectivity index (χ3n) is 4.34. The SMILES string of the molecule is CCCCCOC(=O)Nc1cccnc1CO/N=C(\c1ccccc1)c1nnnn1C. The van der Waals surface area contributed by atoms with Crippen molar-refractivity contribution in [2.45, 2.75) is 32.8 Å². The summed E-state index contributed by atoms with van der Waals surface area (Å²) in [4.78, 5) is 21.9. The van der Waals surface area contributed by atoms with Crippen LogP contribution in [0.15, 0.2) is 53.8 Å². The predicted octanol–water partition coefficient (Wildman–Crippen LogP) is 3.31.